The zero-order valence-corrected chi connectivity index (χ0v) is 12.8. The van der Waals surface area contributed by atoms with E-state index >= 15 is 0 Å². The molecule has 0 spiro atoms. The monoisotopic (exact) mass is 295 g/mol. The third-order valence-corrected chi connectivity index (χ3v) is 3.61. The van der Waals surface area contributed by atoms with Gasteiger partial charge in [0.15, 0.2) is 0 Å². The zero-order valence-electron chi connectivity index (χ0n) is 12.8. The van der Waals surface area contributed by atoms with E-state index < -0.39 is 0 Å². The Morgan fingerprint density at radius 2 is 1.91 bits per heavy atom. The van der Waals surface area contributed by atoms with Gasteiger partial charge in [-0.25, -0.2) is 10.1 Å². The van der Waals surface area contributed by atoms with Gasteiger partial charge in [0.05, 0.1) is 12.8 Å². The molecule has 0 fully saturated rings. The van der Waals surface area contributed by atoms with E-state index in [0.29, 0.717) is 11.6 Å². The number of hydrogen-bond acceptors (Lipinski definition) is 4. The van der Waals surface area contributed by atoms with Gasteiger partial charge in [0.25, 0.3) is 5.56 Å². The first-order valence-corrected chi connectivity index (χ1v) is 7.14. The molecule has 0 radical (unpaired) electrons. The van der Waals surface area contributed by atoms with Crippen LogP contribution in [0.25, 0.3) is 22.2 Å². The highest BCUT2D eigenvalue weighted by Crippen LogP contribution is 2.33. The van der Waals surface area contributed by atoms with Crippen molar-refractivity contribution >= 4 is 10.9 Å². The molecule has 0 aliphatic rings. The largest absolute Gasteiger partial charge is 0.494 e. The van der Waals surface area contributed by atoms with Crippen molar-refractivity contribution in [2.45, 2.75) is 19.8 Å². The van der Waals surface area contributed by atoms with Crippen LogP contribution < -0.4 is 10.3 Å². The van der Waals surface area contributed by atoms with Crippen molar-refractivity contribution in [3.63, 3.8) is 0 Å². The van der Waals surface area contributed by atoms with Gasteiger partial charge >= 0.3 is 0 Å². The second-order valence-electron chi connectivity index (χ2n) is 5.41. The van der Waals surface area contributed by atoms with E-state index in [1.807, 2.05) is 24.3 Å². The molecule has 1 N–H and O–H groups in total. The normalized spacial score (nSPS) is 11.1. The van der Waals surface area contributed by atoms with Crippen LogP contribution in [0.2, 0.25) is 0 Å². The molecule has 112 valence electrons. The van der Waals surface area contributed by atoms with Gasteiger partial charge in [-0.1, -0.05) is 19.9 Å². The first kappa shape index (κ1) is 14.3. The molecule has 1 aromatic carbocycles. The standard InChI is InChI=1S/C17H17N3O2/c1-10(2)13-6-4-12-11(14-7-9-16(21)20-19-14)5-8-15(22-3)17(12)18-13/h4-10H,1-3H3,(H,20,21). The van der Waals surface area contributed by atoms with Crippen LogP contribution >= 0.6 is 0 Å². The van der Waals surface area contributed by atoms with Gasteiger partial charge in [-0.15, -0.1) is 0 Å². The van der Waals surface area contributed by atoms with E-state index in [-0.39, 0.29) is 5.56 Å². The minimum atomic E-state index is -0.221. The molecule has 0 bridgehead atoms. The number of aromatic nitrogens is 3. The summed E-state index contributed by atoms with van der Waals surface area (Å²) in [6, 6.07) is 11.0. The fourth-order valence-electron chi connectivity index (χ4n) is 2.41. The number of aromatic amines is 1. The van der Waals surface area contributed by atoms with Crippen molar-refractivity contribution in [2.24, 2.45) is 0 Å². The summed E-state index contributed by atoms with van der Waals surface area (Å²) in [6.45, 7) is 4.21. The van der Waals surface area contributed by atoms with Crippen LogP contribution in [0, 0.1) is 0 Å². The average Bonchev–Trinajstić information content (AvgIpc) is 2.54. The second kappa shape index (κ2) is 5.60. The first-order chi connectivity index (χ1) is 10.6. The molecule has 3 aromatic rings. The molecule has 2 aromatic heterocycles. The maximum atomic E-state index is 11.2. The summed E-state index contributed by atoms with van der Waals surface area (Å²) >= 11 is 0. The molecule has 0 amide bonds. The second-order valence-corrected chi connectivity index (χ2v) is 5.41. The third-order valence-electron chi connectivity index (χ3n) is 3.61. The van der Waals surface area contributed by atoms with Crippen LogP contribution in [-0.4, -0.2) is 22.3 Å². The summed E-state index contributed by atoms with van der Waals surface area (Å²) in [6.07, 6.45) is 0. The van der Waals surface area contributed by atoms with Crippen LogP contribution in [0.4, 0.5) is 0 Å². The lowest BCUT2D eigenvalue weighted by atomic mass is 10.0. The van der Waals surface area contributed by atoms with Crippen molar-refractivity contribution in [1.82, 2.24) is 15.2 Å². The smallest absolute Gasteiger partial charge is 0.264 e. The highest BCUT2D eigenvalue weighted by atomic mass is 16.5. The molecule has 0 aliphatic carbocycles. The Kier molecular flexibility index (Phi) is 3.63. The van der Waals surface area contributed by atoms with E-state index in [9.17, 15) is 4.79 Å². The third kappa shape index (κ3) is 2.45. The molecule has 0 unspecified atom stereocenters. The molecular weight excluding hydrogens is 278 g/mol. The fourth-order valence-corrected chi connectivity index (χ4v) is 2.41. The molecular formula is C17H17N3O2. The van der Waals surface area contributed by atoms with Crippen molar-refractivity contribution in [1.29, 1.82) is 0 Å². The van der Waals surface area contributed by atoms with Gasteiger partial charge in [0, 0.05) is 22.7 Å². The quantitative estimate of drug-likeness (QED) is 0.806. The van der Waals surface area contributed by atoms with Crippen LogP contribution in [0.1, 0.15) is 25.5 Å². The Morgan fingerprint density at radius 3 is 2.55 bits per heavy atom. The Balaban J connectivity index is 2.28. The molecule has 0 saturated carbocycles. The van der Waals surface area contributed by atoms with Crippen molar-refractivity contribution in [2.75, 3.05) is 7.11 Å². The maximum absolute atomic E-state index is 11.2. The minimum Gasteiger partial charge on any atom is -0.494 e. The highest BCUT2D eigenvalue weighted by molar-refractivity contribution is 5.97. The summed E-state index contributed by atoms with van der Waals surface area (Å²) in [5.41, 5.74) is 3.21. The molecule has 22 heavy (non-hydrogen) atoms. The van der Waals surface area contributed by atoms with Gasteiger partial charge in [-0.2, -0.15) is 5.10 Å². The van der Waals surface area contributed by atoms with E-state index in [2.05, 4.69) is 24.0 Å². The van der Waals surface area contributed by atoms with Crippen LogP contribution in [0.3, 0.4) is 0 Å². The highest BCUT2D eigenvalue weighted by Gasteiger charge is 2.12. The van der Waals surface area contributed by atoms with Gasteiger partial charge < -0.3 is 4.74 Å². The number of rotatable bonds is 3. The summed E-state index contributed by atoms with van der Waals surface area (Å²) in [4.78, 5) is 15.9. The van der Waals surface area contributed by atoms with Gasteiger partial charge in [0.1, 0.15) is 11.3 Å². The molecule has 3 rings (SSSR count). The average molecular weight is 295 g/mol. The molecule has 2 heterocycles. The van der Waals surface area contributed by atoms with Crippen LogP contribution in [-0.2, 0) is 0 Å². The SMILES string of the molecule is COc1ccc(-c2ccc(=O)[nH]n2)c2ccc(C(C)C)nc12. The Labute approximate surface area is 128 Å². The number of methoxy groups -OCH3 is 1. The number of nitrogens with one attached hydrogen (secondary N) is 1. The molecule has 0 atom stereocenters. The Hall–Kier alpha value is -2.69. The van der Waals surface area contributed by atoms with Crippen molar-refractivity contribution in [3.05, 3.63) is 52.4 Å². The fraction of sp³-hybridized carbons (Fsp3) is 0.235. The lowest BCUT2D eigenvalue weighted by Crippen LogP contribution is -2.05. The number of nitrogens with zero attached hydrogens (tertiary/aromatic N) is 2. The summed E-state index contributed by atoms with van der Waals surface area (Å²) < 4.78 is 5.43. The molecule has 0 aliphatic heterocycles. The number of hydrogen-bond donors (Lipinski definition) is 1. The number of fused-ring (bicyclic) bond motifs is 1. The van der Waals surface area contributed by atoms with Crippen molar-refractivity contribution < 1.29 is 4.74 Å². The summed E-state index contributed by atoms with van der Waals surface area (Å²) in [5, 5.41) is 7.52. The molecule has 0 saturated heterocycles. The molecule has 5 nitrogen and oxygen atoms in total. The van der Waals surface area contributed by atoms with Crippen LogP contribution in [0.5, 0.6) is 5.75 Å². The van der Waals surface area contributed by atoms with E-state index in [4.69, 9.17) is 9.72 Å². The van der Waals surface area contributed by atoms with E-state index in [0.717, 1.165) is 27.9 Å². The predicted molar refractivity (Wildman–Crippen MR) is 86.2 cm³/mol. The Morgan fingerprint density at radius 1 is 1.09 bits per heavy atom. The first-order valence-electron chi connectivity index (χ1n) is 7.14. The molecule has 5 heteroatoms. The van der Waals surface area contributed by atoms with E-state index in [1.165, 1.54) is 6.07 Å². The number of pyridine rings is 1. The lowest BCUT2D eigenvalue weighted by molar-refractivity contribution is 0.419. The van der Waals surface area contributed by atoms with Crippen LogP contribution in [0.15, 0.2) is 41.2 Å². The Bertz CT molecular complexity index is 864. The minimum absolute atomic E-state index is 0.221. The van der Waals surface area contributed by atoms with Gasteiger partial charge in [-0.3, -0.25) is 4.79 Å². The van der Waals surface area contributed by atoms with Gasteiger partial charge in [0.2, 0.25) is 0 Å². The maximum Gasteiger partial charge on any atom is 0.264 e. The zero-order chi connectivity index (χ0) is 15.7. The summed E-state index contributed by atoms with van der Waals surface area (Å²) in [5.74, 6) is 1.06. The topological polar surface area (TPSA) is 67.9 Å². The summed E-state index contributed by atoms with van der Waals surface area (Å²) in [7, 11) is 1.64. The van der Waals surface area contributed by atoms with E-state index in [1.54, 1.807) is 13.2 Å². The number of ether oxygens (including phenoxy) is 1. The number of benzene rings is 1. The van der Waals surface area contributed by atoms with Gasteiger partial charge in [-0.05, 0) is 30.2 Å². The predicted octanol–water partition coefficient (Wildman–Crippen LogP) is 3.12. The number of H-pyrrole nitrogens is 1. The van der Waals surface area contributed by atoms with Crippen molar-refractivity contribution in [3.8, 4) is 17.0 Å². The lowest BCUT2D eigenvalue weighted by Gasteiger charge is -2.12.